The van der Waals surface area contributed by atoms with Gasteiger partial charge in [-0.3, -0.25) is 9.78 Å². The number of aliphatic carboxylic acids is 1. The van der Waals surface area contributed by atoms with Gasteiger partial charge in [-0.25, -0.2) is 14.6 Å². The minimum atomic E-state index is -1.16. The summed E-state index contributed by atoms with van der Waals surface area (Å²) in [6.45, 7) is 0.306. The van der Waals surface area contributed by atoms with Gasteiger partial charge in [0, 0.05) is 31.8 Å². The lowest BCUT2D eigenvalue weighted by Gasteiger charge is -2.13. The predicted octanol–water partition coefficient (Wildman–Crippen LogP) is -0.794. The molecule has 4 N–H and O–H groups in total. The first-order chi connectivity index (χ1) is 10.1. The van der Waals surface area contributed by atoms with E-state index >= 15 is 0 Å². The fourth-order valence-corrected chi connectivity index (χ4v) is 1.70. The molecule has 21 heavy (non-hydrogen) atoms. The van der Waals surface area contributed by atoms with Crippen molar-refractivity contribution in [2.45, 2.75) is 12.5 Å². The molecular weight excluding hydrogens is 278 g/mol. The molecule has 2 aromatic rings. The van der Waals surface area contributed by atoms with Gasteiger partial charge in [-0.1, -0.05) is 0 Å². The summed E-state index contributed by atoms with van der Waals surface area (Å²) in [4.78, 5) is 26.8. The summed E-state index contributed by atoms with van der Waals surface area (Å²) in [5, 5.41) is 24.3. The standard InChI is InChI=1S/C11H15N7O3/c1-18-5-7(4-15-18)9(10(19)20)16-11(21)12-3-2-8-13-6-14-17-8/h4-6,9H,2-3H2,1H3,(H,19,20)(H2,12,16,21)(H,13,14,17). The zero-order valence-electron chi connectivity index (χ0n) is 11.3. The largest absolute Gasteiger partial charge is 0.479 e. The van der Waals surface area contributed by atoms with Gasteiger partial charge in [0.05, 0.1) is 6.20 Å². The zero-order chi connectivity index (χ0) is 15.2. The van der Waals surface area contributed by atoms with Crippen LogP contribution in [0.4, 0.5) is 4.79 Å². The molecular formula is C11H15N7O3. The molecule has 0 spiro atoms. The highest BCUT2D eigenvalue weighted by atomic mass is 16.4. The number of amides is 2. The van der Waals surface area contributed by atoms with E-state index in [0.717, 1.165) is 0 Å². The van der Waals surface area contributed by atoms with Crippen molar-refractivity contribution in [3.8, 4) is 0 Å². The van der Waals surface area contributed by atoms with Crippen LogP contribution >= 0.6 is 0 Å². The van der Waals surface area contributed by atoms with E-state index in [1.165, 1.54) is 23.4 Å². The Kier molecular flexibility index (Phi) is 4.49. The Morgan fingerprint density at radius 1 is 1.52 bits per heavy atom. The molecule has 0 aliphatic carbocycles. The average molecular weight is 293 g/mol. The number of nitrogens with zero attached hydrogens (tertiary/aromatic N) is 4. The number of carbonyl (C=O) groups is 2. The number of H-pyrrole nitrogens is 1. The number of carbonyl (C=O) groups excluding carboxylic acids is 1. The molecule has 0 aliphatic heterocycles. The Labute approximate surface area is 119 Å². The number of hydrogen-bond acceptors (Lipinski definition) is 5. The third kappa shape index (κ3) is 4.03. The monoisotopic (exact) mass is 293 g/mol. The molecule has 0 radical (unpaired) electrons. The second-order valence-electron chi connectivity index (χ2n) is 4.30. The number of carboxylic acid groups (broad SMARTS) is 1. The van der Waals surface area contributed by atoms with Gasteiger partial charge < -0.3 is 15.7 Å². The van der Waals surface area contributed by atoms with E-state index in [-0.39, 0.29) is 0 Å². The Balaban J connectivity index is 1.85. The van der Waals surface area contributed by atoms with Crippen molar-refractivity contribution < 1.29 is 14.7 Å². The van der Waals surface area contributed by atoms with Gasteiger partial charge in [-0.15, -0.1) is 0 Å². The van der Waals surface area contributed by atoms with Crippen LogP contribution in [-0.2, 0) is 18.3 Å². The number of rotatable bonds is 6. The molecule has 1 unspecified atom stereocenters. The van der Waals surface area contributed by atoms with E-state index in [0.29, 0.717) is 24.4 Å². The maximum atomic E-state index is 11.7. The van der Waals surface area contributed by atoms with Crippen molar-refractivity contribution in [1.82, 2.24) is 35.6 Å². The fraction of sp³-hybridized carbons (Fsp3) is 0.364. The van der Waals surface area contributed by atoms with Crippen molar-refractivity contribution in [3.63, 3.8) is 0 Å². The molecule has 10 nitrogen and oxygen atoms in total. The smallest absolute Gasteiger partial charge is 0.331 e. The van der Waals surface area contributed by atoms with E-state index in [4.69, 9.17) is 5.11 Å². The topological polar surface area (TPSA) is 138 Å². The van der Waals surface area contributed by atoms with Gasteiger partial charge in [-0.2, -0.15) is 10.2 Å². The van der Waals surface area contributed by atoms with E-state index in [1.54, 1.807) is 7.05 Å². The van der Waals surface area contributed by atoms with Crippen LogP contribution in [0.2, 0.25) is 0 Å². The SMILES string of the molecule is Cn1cc(C(NC(=O)NCCc2ncn[nH]2)C(=O)O)cn1. The summed E-state index contributed by atoms with van der Waals surface area (Å²) in [6, 6.07) is -1.73. The van der Waals surface area contributed by atoms with Crippen molar-refractivity contribution in [2.75, 3.05) is 6.54 Å². The lowest BCUT2D eigenvalue weighted by atomic mass is 10.1. The van der Waals surface area contributed by atoms with Crippen LogP contribution in [0, 0.1) is 0 Å². The van der Waals surface area contributed by atoms with Crippen LogP contribution in [-0.4, -0.2) is 48.6 Å². The van der Waals surface area contributed by atoms with E-state index < -0.39 is 18.0 Å². The van der Waals surface area contributed by atoms with Crippen LogP contribution in [0.3, 0.4) is 0 Å². The van der Waals surface area contributed by atoms with E-state index in [1.807, 2.05) is 0 Å². The maximum absolute atomic E-state index is 11.7. The number of aryl methyl sites for hydroxylation is 1. The molecule has 0 aromatic carbocycles. The molecule has 0 saturated carbocycles. The van der Waals surface area contributed by atoms with Gasteiger partial charge in [0.25, 0.3) is 0 Å². The van der Waals surface area contributed by atoms with Crippen LogP contribution in [0.15, 0.2) is 18.7 Å². The molecule has 2 aromatic heterocycles. The summed E-state index contributed by atoms with van der Waals surface area (Å²) < 4.78 is 1.47. The van der Waals surface area contributed by atoms with Crippen LogP contribution < -0.4 is 10.6 Å². The summed E-state index contributed by atoms with van der Waals surface area (Å²) in [6.07, 6.45) is 4.78. The first kappa shape index (κ1) is 14.5. The summed E-state index contributed by atoms with van der Waals surface area (Å²) in [5.41, 5.74) is 0.399. The van der Waals surface area contributed by atoms with Crippen molar-refractivity contribution in [3.05, 3.63) is 30.1 Å². The number of urea groups is 1. The Bertz CT molecular complexity index is 607. The average Bonchev–Trinajstić information content (AvgIpc) is 3.07. The van der Waals surface area contributed by atoms with Gasteiger partial charge >= 0.3 is 12.0 Å². The second-order valence-corrected chi connectivity index (χ2v) is 4.30. The van der Waals surface area contributed by atoms with Crippen LogP contribution in [0.5, 0.6) is 0 Å². The molecule has 10 heteroatoms. The molecule has 2 rings (SSSR count). The van der Waals surface area contributed by atoms with Gasteiger partial charge in [0.15, 0.2) is 6.04 Å². The van der Waals surface area contributed by atoms with E-state index in [2.05, 4.69) is 30.9 Å². The quantitative estimate of drug-likeness (QED) is 0.550. The lowest BCUT2D eigenvalue weighted by Crippen LogP contribution is -2.41. The normalized spacial score (nSPS) is 11.9. The predicted molar refractivity (Wildman–Crippen MR) is 70.2 cm³/mol. The summed E-state index contributed by atoms with van der Waals surface area (Å²) in [7, 11) is 1.67. The molecule has 2 heterocycles. The summed E-state index contributed by atoms with van der Waals surface area (Å²) in [5.74, 6) is -0.522. The van der Waals surface area contributed by atoms with Crippen LogP contribution in [0.25, 0.3) is 0 Å². The third-order valence-corrected chi connectivity index (χ3v) is 2.69. The number of aromatic amines is 1. The molecule has 0 bridgehead atoms. The number of aromatic nitrogens is 5. The minimum absolute atomic E-state index is 0.306. The van der Waals surface area contributed by atoms with Gasteiger partial charge in [0.2, 0.25) is 0 Å². The lowest BCUT2D eigenvalue weighted by molar-refractivity contribution is -0.139. The highest BCUT2D eigenvalue weighted by molar-refractivity contribution is 5.83. The molecule has 0 saturated heterocycles. The van der Waals surface area contributed by atoms with Crippen molar-refractivity contribution >= 4 is 12.0 Å². The second kappa shape index (κ2) is 6.50. The Morgan fingerprint density at radius 3 is 2.90 bits per heavy atom. The Morgan fingerprint density at radius 2 is 2.33 bits per heavy atom. The first-order valence-electron chi connectivity index (χ1n) is 6.16. The molecule has 1 atom stereocenters. The Hall–Kier alpha value is -2.91. The molecule has 2 amide bonds. The third-order valence-electron chi connectivity index (χ3n) is 2.69. The molecule has 0 fully saturated rings. The van der Waals surface area contributed by atoms with Crippen molar-refractivity contribution in [1.29, 1.82) is 0 Å². The molecule has 112 valence electrons. The number of nitrogens with one attached hydrogen (secondary N) is 3. The number of carboxylic acids is 1. The number of hydrogen-bond donors (Lipinski definition) is 4. The highest BCUT2D eigenvalue weighted by Gasteiger charge is 2.23. The molecule has 0 aliphatic rings. The van der Waals surface area contributed by atoms with Crippen molar-refractivity contribution in [2.24, 2.45) is 7.05 Å². The minimum Gasteiger partial charge on any atom is -0.479 e. The van der Waals surface area contributed by atoms with E-state index in [9.17, 15) is 9.59 Å². The maximum Gasteiger partial charge on any atom is 0.331 e. The van der Waals surface area contributed by atoms with Gasteiger partial charge in [0.1, 0.15) is 12.2 Å². The van der Waals surface area contributed by atoms with Crippen LogP contribution in [0.1, 0.15) is 17.4 Å². The fourth-order valence-electron chi connectivity index (χ4n) is 1.70. The highest BCUT2D eigenvalue weighted by Crippen LogP contribution is 2.11. The van der Waals surface area contributed by atoms with Gasteiger partial charge in [-0.05, 0) is 0 Å². The first-order valence-corrected chi connectivity index (χ1v) is 6.16. The zero-order valence-corrected chi connectivity index (χ0v) is 11.3. The summed E-state index contributed by atoms with van der Waals surface area (Å²) >= 11 is 0.